The van der Waals surface area contributed by atoms with Crippen molar-refractivity contribution < 1.29 is 33.3 Å². The van der Waals surface area contributed by atoms with Crippen molar-refractivity contribution in [1.29, 1.82) is 5.26 Å². The Bertz CT molecular complexity index is 2050. The predicted molar refractivity (Wildman–Crippen MR) is 180 cm³/mol. The Hall–Kier alpha value is -5.84. The maximum Gasteiger partial charge on any atom is 0.338 e. The van der Waals surface area contributed by atoms with Crippen LogP contribution >= 0.6 is 15.9 Å². The Balaban J connectivity index is 1.50. The highest BCUT2D eigenvalue weighted by Gasteiger charge is 2.55. The highest BCUT2D eigenvalue weighted by molar-refractivity contribution is 9.10. The number of anilines is 1. The number of nitrogens with two attached hydrogens (primary N) is 1. The number of esters is 3. The van der Waals surface area contributed by atoms with E-state index in [1.165, 1.54) is 17.0 Å². The number of ether oxygens (including phenoxy) is 4. The number of rotatable bonds is 10. The van der Waals surface area contributed by atoms with Crippen molar-refractivity contribution in [2.45, 2.75) is 37.1 Å². The minimum absolute atomic E-state index is 0.0294. The summed E-state index contributed by atoms with van der Waals surface area (Å²) in [7, 11) is 0. The highest BCUT2D eigenvalue weighted by Crippen LogP contribution is 2.43. The van der Waals surface area contributed by atoms with Gasteiger partial charge in [0.25, 0.3) is 0 Å². The smallest absolute Gasteiger partial charge is 0.338 e. The summed E-state index contributed by atoms with van der Waals surface area (Å²) in [4.78, 5) is 49.1. The second-order valence-electron chi connectivity index (χ2n) is 10.9. The molecule has 1 aliphatic heterocycles. The number of carbonyl (C=O) groups excluding carboxylic acids is 3. The molecule has 0 amide bonds. The summed E-state index contributed by atoms with van der Waals surface area (Å²) in [5, 5.41) is 10.3. The number of hydrogen-bond acceptors (Lipinski definition) is 11. The van der Waals surface area contributed by atoms with E-state index in [0.29, 0.717) is 0 Å². The zero-order valence-electron chi connectivity index (χ0n) is 25.7. The lowest BCUT2D eigenvalue weighted by molar-refractivity contribution is -0.0916. The number of aromatic nitrogens is 3. The molecule has 49 heavy (non-hydrogen) atoms. The molecule has 1 fully saturated rings. The van der Waals surface area contributed by atoms with Gasteiger partial charge in [-0.15, -0.1) is 6.58 Å². The fourth-order valence-electron chi connectivity index (χ4n) is 5.62. The van der Waals surface area contributed by atoms with Crippen LogP contribution in [-0.4, -0.2) is 56.9 Å². The number of nitrogens with zero attached hydrogens (tertiary/aromatic N) is 4. The van der Waals surface area contributed by atoms with Gasteiger partial charge < -0.3 is 24.7 Å². The van der Waals surface area contributed by atoms with Crippen LogP contribution < -0.4 is 5.73 Å². The van der Waals surface area contributed by atoms with Gasteiger partial charge in [0.05, 0.1) is 27.6 Å². The molecule has 12 nitrogen and oxygen atoms in total. The van der Waals surface area contributed by atoms with E-state index in [1.807, 2.05) is 0 Å². The van der Waals surface area contributed by atoms with E-state index in [9.17, 15) is 19.6 Å². The second kappa shape index (κ2) is 14.5. The highest BCUT2D eigenvalue weighted by atomic mass is 79.9. The van der Waals surface area contributed by atoms with Crippen molar-refractivity contribution in [3.8, 4) is 6.07 Å². The number of hydrogen-bond donors (Lipinski definition) is 1. The van der Waals surface area contributed by atoms with Crippen molar-refractivity contribution in [2.75, 3.05) is 5.73 Å². The first-order valence-corrected chi connectivity index (χ1v) is 15.9. The quantitative estimate of drug-likeness (QED) is 0.105. The van der Waals surface area contributed by atoms with Gasteiger partial charge in [-0.2, -0.15) is 5.26 Å². The number of fused-ring (bicyclic) bond motifs is 1. The van der Waals surface area contributed by atoms with Crippen LogP contribution in [0.4, 0.5) is 5.82 Å². The maximum absolute atomic E-state index is 13.7. The van der Waals surface area contributed by atoms with Gasteiger partial charge >= 0.3 is 17.9 Å². The Labute approximate surface area is 288 Å². The fraction of sp³-hybridized carbons (Fsp3) is 0.167. The summed E-state index contributed by atoms with van der Waals surface area (Å²) in [6, 6.07) is 26.9. The molecule has 0 radical (unpaired) electrons. The van der Waals surface area contributed by atoms with E-state index in [2.05, 4.69) is 38.5 Å². The molecular formula is C36H28BrN5O7. The summed E-state index contributed by atoms with van der Waals surface area (Å²) in [6.45, 7) is 3.83. The van der Waals surface area contributed by atoms with E-state index in [1.54, 1.807) is 91.0 Å². The molecule has 3 aromatic carbocycles. The summed E-state index contributed by atoms with van der Waals surface area (Å²) >= 11 is 3.49. The normalized spacial score (nSPS) is 19.0. The van der Waals surface area contributed by atoms with Gasteiger partial charge in [0.2, 0.25) is 0 Å². The molecule has 0 bridgehead atoms. The minimum Gasteiger partial charge on any atom is -0.456 e. The zero-order chi connectivity index (χ0) is 34.5. The Morgan fingerprint density at radius 2 is 1.43 bits per heavy atom. The van der Waals surface area contributed by atoms with Crippen LogP contribution in [0, 0.1) is 11.3 Å². The molecular weight excluding hydrogens is 694 g/mol. The standard InChI is InChI=1S/C36H28BrN5O7/c1-2-12-25(46-34(43)21-13-6-3-7-14-21)27-28(48-35(44)22-15-8-4-9-16-22)29(49-36(45)23-17-10-5-11-18-23)33(47-27)42-30(37)24(19-38)26-31(39)40-20-41-32(26)42/h2-11,13-18,20,25,27-29,33H,1,12H2,(H2,39,40,41)/t25-,27-,28-,29-,33-/m1/s1. The Morgan fingerprint density at radius 1 is 0.898 bits per heavy atom. The number of nitrogen functional groups attached to an aromatic ring is 1. The van der Waals surface area contributed by atoms with Gasteiger partial charge in [-0.25, -0.2) is 24.4 Å². The summed E-state index contributed by atoms with van der Waals surface area (Å²) < 4.78 is 26.5. The number of nitriles is 1. The first-order valence-electron chi connectivity index (χ1n) is 15.1. The van der Waals surface area contributed by atoms with Crippen molar-refractivity contribution in [2.24, 2.45) is 0 Å². The average Bonchev–Trinajstić information content (AvgIpc) is 3.62. The predicted octanol–water partition coefficient (Wildman–Crippen LogP) is 5.80. The molecule has 0 unspecified atom stereocenters. The summed E-state index contributed by atoms with van der Waals surface area (Å²) in [5.74, 6) is -2.12. The van der Waals surface area contributed by atoms with Crippen LogP contribution in [0.5, 0.6) is 0 Å². The Morgan fingerprint density at radius 3 is 1.96 bits per heavy atom. The van der Waals surface area contributed by atoms with Gasteiger partial charge in [-0.05, 0) is 52.3 Å². The van der Waals surface area contributed by atoms with Crippen molar-refractivity contribution >= 4 is 50.7 Å². The molecule has 246 valence electrons. The summed E-state index contributed by atoms with van der Waals surface area (Å²) in [6.07, 6.45) is -3.50. The van der Waals surface area contributed by atoms with Crippen LogP contribution in [0.25, 0.3) is 11.0 Å². The average molecular weight is 723 g/mol. The molecule has 1 aliphatic rings. The van der Waals surface area contributed by atoms with Gasteiger partial charge in [-0.1, -0.05) is 60.7 Å². The largest absolute Gasteiger partial charge is 0.456 e. The van der Waals surface area contributed by atoms with Crippen LogP contribution in [-0.2, 0) is 18.9 Å². The lowest BCUT2D eigenvalue weighted by Gasteiger charge is -2.28. The molecule has 0 spiro atoms. The number of carbonyl (C=O) groups is 3. The van der Waals surface area contributed by atoms with Gasteiger partial charge in [-0.3, -0.25) is 4.57 Å². The Kier molecular flexibility index (Phi) is 9.79. The molecule has 0 aliphatic carbocycles. The second-order valence-corrected chi connectivity index (χ2v) is 11.7. The van der Waals surface area contributed by atoms with Crippen LogP contribution in [0.15, 0.2) is 115 Å². The molecule has 2 N–H and O–H groups in total. The summed E-state index contributed by atoms with van der Waals surface area (Å²) in [5.41, 5.74) is 7.19. The van der Waals surface area contributed by atoms with Crippen molar-refractivity contribution in [1.82, 2.24) is 14.5 Å². The molecule has 3 heterocycles. The molecule has 6 rings (SSSR count). The first kappa shape index (κ1) is 33.1. The van der Waals surface area contributed by atoms with E-state index in [-0.39, 0.29) is 50.1 Å². The van der Waals surface area contributed by atoms with E-state index >= 15 is 0 Å². The third-order valence-electron chi connectivity index (χ3n) is 7.88. The minimum atomic E-state index is -1.37. The van der Waals surface area contributed by atoms with E-state index < -0.39 is 48.6 Å². The van der Waals surface area contributed by atoms with Crippen LogP contribution in [0.3, 0.4) is 0 Å². The van der Waals surface area contributed by atoms with Crippen LogP contribution in [0.2, 0.25) is 0 Å². The number of halogens is 1. The molecule has 0 saturated carbocycles. The molecule has 5 aromatic rings. The molecule has 5 atom stereocenters. The van der Waals surface area contributed by atoms with Gasteiger partial charge in [0, 0.05) is 6.42 Å². The lowest BCUT2D eigenvalue weighted by atomic mass is 10.0. The lowest BCUT2D eigenvalue weighted by Crippen LogP contribution is -2.45. The molecule has 13 heteroatoms. The molecule has 1 saturated heterocycles. The molecule has 2 aromatic heterocycles. The van der Waals surface area contributed by atoms with Gasteiger partial charge in [0.1, 0.15) is 40.7 Å². The topological polar surface area (TPSA) is 169 Å². The van der Waals surface area contributed by atoms with Crippen molar-refractivity contribution in [3.63, 3.8) is 0 Å². The van der Waals surface area contributed by atoms with Crippen molar-refractivity contribution in [3.05, 3.63) is 137 Å². The maximum atomic E-state index is 13.7. The monoisotopic (exact) mass is 721 g/mol. The third kappa shape index (κ3) is 6.64. The SMILES string of the molecule is C=CC[C@@H](OC(=O)c1ccccc1)[C@H]1O[C@@H](n2c(Br)c(C#N)c3c(N)ncnc32)[C@H](OC(=O)c2ccccc2)[C@@H]1OC(=O)c1ccccc1. The van der Waals surface area contributed by atoms with Crippen LogP contribution in [0.1, 0.15) is 49.3 Å². The van der Waals surface area contributed by atoms with Gasteiger partial charge in [0.15, 0.2) is 18.4 Å². The zero-order valence-corrected chi connectivity index (χ0v) is 27.3. The van der Waals surface area contributed by atoms with E-state index in [0.717, 1.165) is 0 Å². The number of benzene rings is 3. The first-order chi connectivity index (χ1) is 23.8. The third-order valence-corrected chi connectivity index (χ3v) is 8.66. The fourth-order valence-corrected chi connectivity index (χ4v) is 6.28. The van der Waals surface area contributed by atoms with E-state index in [4.69, 9.17) is 24.7 Å².